The maximum atomic E-state index is 4.85. The van der Waals surface area contributed by atoms with Crippen LogP contribution in [0.1, 0.15) is 78.5 Å². The molecule has 0 bridgehead atoms. The van der Waals surface area contributed by atoms with Crippen molar-refractivity contribution in [3.8, 4) is 0 Å². The molecule has 0 amide bonds. The highest BCUT2D eigenvalue weighted by Gasteiger charge is 2.38. The van der Waals surface area contributed by atoms with Crippen LogP contribution >= 0.6 is 0 Å². The predicted molar refractivity (Wildman–Crippen MR) is 89.6 cm³/mol. The molecule has 1 aliphatic carbocycles. The fourth-order valence-electron chi connectivity index (χ4n) is 3.27. The van der Waals surface area contributed by atoms with Crippen LogP contribution in [0.3, 0.4) is 0 Å². The minimum atomic E-state index is 0.206. The van der Waals surface area contributed by atoms with Crippen molar-refractivity contribution in [3.63, 3.8) is 0 Å². The number of rotatable bonds is 7. The van der Waals surface area contributed by atoms with Crippen molar-refractivity contribution in [1.82, 2.24) is 15.1 Å². The zero-order valence-electron chi connectivity index (χ0n) is 14.6. The first-order valence-electron chi connectivity index (χ1n) is 8.66. The largest absolute Gasteiger partial charge is 0.312 e. The van der Waals surface area contributed by atoms with Crippen LogP contribution in [0.5, 0.6) is 0 Å². The first-order chi connectivity index (χ1) is 9.87. The molecule has 0 spiro atoms. The molecule has 0 unspecified atom stereocenters. The van der Waals surface area contributed by atoms with Crippen LogP contribution in [0.15, 0.2) is 12.3 Å². The number of nitrogens with zero attached hydrogens (tertiary/aromatic N) is 2. The summed E-state index contributed by atoms with van der Waals surface area (Å²) in [5.74, 6) is 0. The fraction of sp³-hybridized carbons (Fsp3) is 0.833. The molecule has 1 aromatic heterocycles. The summed E-state index contributed by atoms with van der Waals surface area (Å²) in [7, 11) is 0. The van der Waals surface area contributed by atoms with Crippen LogP contribution in [-0.4, -0.2) is 21.9 Å². The van der Waals surface area contributed by atoms with Gasteiger partial charge in [-0.1, -0.05) is 20.3 Å². The van der Waals surface area contributed by atoms with Gasteiger partial charge in [-0.15, -0.1) is 0 Å². The molecule has 3 heteroatoms. The van der Waals surface area contributed by atoms with Crippen LogP contribution in [0.25, 0.3) is 0 Å². The molecule has 2 rings (SSSR count). The predicted octanol–water partition coefficient (Wildman–Crippen LogP) is 4.35. The Balaban J connectivity index is 1.99. The highest BCUT2D eigenvalue weighted by atomic mass is 15.3. The second-order valence-corrected chi connectivity index (χ2v) is 7.89. The van der Waals surface area contributed by atoms with E-state index in [9.17, 15) is 0 Å². The summed E-state index contributed by atoms with van der Waals surface area (Å²) in [6, 6.07) is 2.79. The van der Waals surface area contributed by atoms with Gasteiger partial charge in [-0.05, 0) is 64.4 Å². The summed E-state index contributed by atoms with van der Waals surface area (Å²) in [4.78, 5) is 0. The van der Waals surface area contributed by atoms with E-state index in [1.165, 1.54) is 25.0 Å². The van der Waals surface area contributed by atoms with Gasteiger partial charge in [-0.2, -0.15) is 5.10 Å². The summed E-state index contributed by atoms with van der Waals surface area (Å²) in [5.41, 5.74) is 1.93. The van der Waals surface area contributed by atoms with Crippen molar-refractivity contribution >= 4 is 0 Å². The van der Waals surface area contributed by atoms with Gasteiger partial charge in [0, 0.05) is 18.3 Å². The molecular weight excluding hydrogens is 258 g/mol. The van der Waals surface area contributed by atoms with Gasteiger partial charge in [-0.3, -0.25) is 4.68 Å². The molecular formula is C18H33N3. The Hall–Kier alpha value is -0.830. The van der Waals surface area contributed by atoms with Crippen molar-refractivity contribution < 1.29 is 0 Å². The Bertz CT molecular complexity index is 434. The van der Waals surface area contributed by atoms with E-state index < -0.39 is 0 Å². The molecule has 120 valence electrons. The SMILES string of the molecule is CCC(CC)n1ccc(CC2(CNC(C)(C)C)CCC2)n1. The number of nitrogens with one attached hydrogen (secondary N) is 1. The van der Waals surface area contributed by atoms with E-state index in [1.54, 1.807) is 0 Å². The minimum absolute atomic E-state index is 0.206. The quantitative estimate of drug-likeness (QED) is 0.809. The van der Waals surface area contributed by atoms with Crippen LogP contribution in [0, 0.1) is 5.41 Å². The van der Waals surface area contributed by atoms with E-state index in [2.05, 4.69) is 56.9 Å². The molecule has 0 radical (unpaired) electrons. The third-order valence-electron chi connectivity index (χ3n) is 4.94. The summed E-state index contributed by atoms with van der Waals surface area (Å²) < 4.78 is 2.18. The molecule has 1 N–H and O–H groups in total. The first kappa shape index (κ1) is 16.5. The summed E-state index contributed by atoms with van der Waals surface area (Å²) in [5, 5.41) is 8.55. The van der Waals surface area contributed by atoms with Gasteiger partial charge in [0.1, 0.15) is 0 Å². The maximum Gasteiger partial charge on any atom is 0.0630 e. The van der Waals surface area contributed by atoms with Crippen molar-refractivity contribution in [2.24, 2.45) is 5.41 Å². The zero-order chi connectivity index (χ0) is 15.5. The molecule has 0 aliphatic heterocycles. The third kappa shape index (κ3) is 4.32. The molecule has 1 heterocycles. The van der Waals surface area contributed by atoms with E-state index in [0.717, 1.165) is 25.8 Å². The lowest BCUT2D eigenvalue weighted by molar-refractivity contribution is 0.116. The van der Waals surface area contributed by atoms with Gasteiger partial charge in [0.2, 0.25) is 0 Å². The average molecular weight is 291 g/mol. The first-order valence-corrected chi connectivity index (χ1v) is 8.66. The highest BCUT2D eigenvalue weighted by Crippen LogP contribution is 2.43. The average Bonchev–Trinajstić information content (AvgIpc) is 2.81. The summed E-state index contributed by atoms with van der Waals surface area (Å²) in [6.07, 6.45) is 9.68. The normalized spacial score (nSPS) is 18.0. The van der Waals surface area contributed by atoms with Crippen LogP contribution in [0.2, 0.25) is 0 Å². The molecule has 1 saturated carbocycles. The molecule has 0 saturated heterocycles. The molecule has 0 atom stereocenters. The Labute approximate surface area is 130 Å². The second-order valence-electron chi connectivity index (χ2n) is 7.89. The van der Waals surface area contributed by atoms with Gasteiger partial charge in [-0.25, -0.2) is 0 Å². The lowest BCUT2D eigenvalue weighted by atomic mass is 9.66. The van der Waals surface area contributed by atoms with Gasteiger partial charge in [0.25, 0.3) is 0 Å². The van der Waals surface area contributed by atoms with Crippen LogP contribution in [0.4, 0.5) is 0 Å². The van der Waals surface area contributed by atoms with Gasteiger partial charge in [0.15, 0.2) is 0 Å². The molecule has 1 fully saturated rings. The van der Waals surface area contributed by atoms with E-state index in [4.69, 9.17) is 5.10 Å². The van der Waals surface area contributed by atoms with E-state index in [-0.39, 0.29) is 5.54 Å². The van der Waals surface area contributed by atoms with Crippen molar-refractivity contribution in [1.29, 1.82) is 0 Å². The fourth-order valence-corrected chi connectivity index (χ4v) is 3.27. The lowest BCUT2D eigenvalue weighted by Crippen LogP contribution is -2.48. The van der Waals surface area contributed by atoms with Gasteiger partial charge >= 0.3 is 0 Å². The highest BCUT2D eigenvalue weighted by molar-refractivity contribution is 5.07. The summed E-state index contributed by atoms with van der Waals surface area (Å²) >= 11 is 0. The van der Waals surface area contributed by atoms with Crippen molar-refractivity contribution in [2.45, 2.75) is 84.7 Å². The Morgan fingerprint density at radius 1 is 1.29 bits per heavy atom. The topological polar surface area (TPSA) is 29.9 Å². The monoisotopic (exact) mass is 291 g/mol. The van der Waals surface area contributed by atoms with E-state index in [0.29, 0.717) is 11.5 Å². The number of hydrogen-bond donors (Lipinski definition) is 1. The Morgan fingerprint density at radius 3 is 2.43 bits per heavy atom. The summed E-state index contributed by atoms with van der Waals surface area (Å²) in [6.45, 7) is 12.4. The van der Waals surface area contributed by atoms with Crippen LogP contribution < -0.4 is 5.32 Å². The van der Waals surface area contributed by atoms with Crippen molar-refractivity contribution in [3.05, 3.63) is 18.0 Å². The zero-order valence-corrected chi connectivity index (χ0v) is 14.6. The molecule has 1 aromatic rings. The minimum Gasteiger partial charge on any atom is -0.312 e. The Kier molecular flexibility index (Phi) is 5.13. The standard InChI is InChI=1S/C18H33N3/c1-6-16(7-2)21-12-9-15(20-21)13-18(10-8-11-18)14-19-17(3,4)5/h9,12,16,19H,6-8,10-11,13-14H2,1-5H3. The lowest BCUT2D eigenvalue weighted by Gasteiger charge is -2.43. The maximum absolute atomic E-state index is 4.85. The Morgan fingerprint density at radius 2 is 1.95 bits per heavy atom. The van der Waals surface area contributed by atoms with E-state index >= 15 is 0 Å². The van der Waals surface area contributed by atoms with Gasteiger partial charge in [0.05, 0.1) is 11.7 Å². The van der Waals surface area contributed by atoms with Crippen molar-refractivity contribution in [2.75, 3.05) is 6.54 Å². The second kappa shape index (κ2) is 6.51. The smallest absolute Gasteiger partial charge is 0.0630 e. The molecule has 21 heavy (non-hydrogen) atoms. The van der Waals surface area contributed by atoms with Gasteiger partial charge < -0.3 is 5.32 Å². The molecule has 1 aliphatic rings. The van der Waals surface area contributed by atoms with Crippen LogP contribution in [-0.2, 0) is 6.42 Å². The third-order valence-corrected chi connectivity index (χ3v) is 4.94. The molecule has 0 aromatic carbocycles. The van der Waals surface area contributed by atoms with E-state index in [1.807, 2.05) is 0 Å². The number of hydrogen-bond acceptors (Lipinski definition) is 2. The number of aromatic nitrogens is 2. The molecule has 3 nitrogen and oxygen atoms in total.